The molecule has 130 valence electrons. The molecule has 3 rings (SSSR count). The number of rotatable bonds is 7. The molecule has 24 heavy (non-hydrogen) atoms. The van der Waals surface area contributed by atoms with Gasteiger partial charge in [0, 0.05) is 32.0 Å². The maximum Gasteiger partial charge on any atom is 0.222 e. The van der Waals surface area contributed by atoms with Crippen LogP contribution in [0.5, 0.6) is 5.75 Å². The Morgan fingerprint density at radius 3 is 3.04 bits per heavy atom. The van der Waals surface area contributed by atoms with Crippen molar-refractivity contribution in [3.63, 3.8) is 0 Å². The van der Waals surface area contributed by atoms with E-state index in [0.29, 0.717) is 18.9 Å². The van der Waals surface area contributed by atoms with Gasteiger partial charge < -0.3 is 19.9 Å². The largest absolute Gasteiger partial charge is 0.497 e. The number of hydrogen-bond acceptors (Lipinski definition) is 4. The van der Waals surface area contributed by atoms with Crippen molar-refractivity contribution in [2.75, 3.05) is 33.3 Å². The van der Waals surface area contributed by atoms with Crippen LogP contribution in [0.2, 0.25) is 0 Å². The summed E-state index contributed by atoms with van der Waals surface area (Å²) in [6.45, 7) is 5.48. The Morgan fingerprint density at radius 2 is 2.33 bits per heavy atom. The van der Waals surface area contributed by atoms with Gasteiger partial charge in [-0.15, -0.1) is 0 Å². The number of fused-ring (bicyclic) bond motifs is 1. The first-order chi connectivity index (χ1) is 11.7. The molecule has 2 aromatic rings. The first kappa shape index (κ1) is 16.8. The molecule has 1 aliphatic rings. The van der Waals surface area contributed by atoms with Crippen molar-refractivity contribution >= 4 is 16.9 Å². The molecule has 1 saturated heterocycles. The highest BCUT2D eigenvalue weighted by Crippen LogP contribution is 2.19. The molecule has 2 N–H and O–H groups in total. The Labute approximate surface area is 142 Å². The van der Waals surface area contributed by atoms with E-state index in [1.165, 1.54) is 0 Å². The molecule has 0 radical (unpaired) electrons. The second-order valence-electron chi connectivity index (χ2n) is 6.35. The molecule has 0 aliphatic carbocycles. The molecule has 0 spiro atoms. The molecule has 1 amide bonds. The lowest BCUT2D eigenvalue weighted by atomic mass is 10.0. The average molecular weight is 330 g/mol. The first-order valence-electron chi connectivity index (χ1n) is 8.70. The van der Waals surface area contributed by atoms with Crippen LogP contribution in [0.25, 0.3) is 11.0 Å². The van der Waals surface area contributed by atoms with Crippen molar-refractivity contribution in [1.82, 2.24) is 20.2 Å². The normalized spacial score (nSPS) is 17.3. The number of amides is 1. The van der Waals surface area contributed by atoms with Gasteiger partial charge in [-0.05, 0) is 44.5 Å². The fourth-order valence-electron chi connectivity index (χ4n) is 3.25. The number of methoxy groups -OCH3 is 1. The van der Waals surface area contributed by atoms with E-state index in [4.69, 9.17) is 4.74 Å². The van der Waals surface area contributed by atoms with Gasteiger partial charge >= 0.3 is 0 Å². The van der Waals surface area contributed by atoms with Crippen molar-refractivity contribution in [2.45, 2.75) is 26.2 Å². The zero-order valence-corrected chi connectivity index (χ0v) is 14.5. The van der Waals surface area contributed by atoms with Gasteiger partial charge in [0.05, 0.1) is 18.1 Å². The number of H-pyrrole nitrogens is 1. The summed E-state index contributed by atoms with van der Waals surface area (Å²) in [7, 11) is 1.66. The summed E-state index contributed by atoms with van der Waals surface area (Å²) in [6, 6.07) is 5.80. The molecule has 0 bridgehead atoms. The SMILES string of the molecule is CCN(CCc1nc2ccc(OC)cc2[nH]1)C(=O)C[C@H]1CCNC1. The van der Waals surface area contributed by atoms with Crippen molar-refractivity contribution in [1.29, 1.82) is 0 Å². The Kier molecular flexibility index (Phi) is 5.35. The van der Waals surface area contributed by atoms with Gasteiger partial charge in [0.2, 0.25) is 5.91 Å². The number of aromatic nitrogens is 2. The minimum atomic E-state index is 0.254. The van der Waals surface area contributed by atoms with E-state index in [1.54, 1.807) is 7.11 Å². The van der Waals surface area contributed by atoms with Gasteiger partial charge in [0.15, 0.2) is 0 Å². The number of benzene rings is 1. The molecule has 0 unspecified atom stereocenters. The number of nitrogens with zero attached hydrogens (tertiary/aromatic N) is 2. The molecule has 1 fully saturated rings. The van der Waals surface area contributed by atoms with Crippen molar-refractivity contribution in [3.05, 3.63) is 24.0 Å². The lowest BCUT2D eigenvalue weighted by molar-refractivity contribution is -0.131. The maximum absolute atomic E-state index is 12.5. The summed E-state index contributed by atoms with van der Waals surface area (Å²) in [5.74, 6) is 2.47. The van der Waals surface area contributed by atoms with Gasteiger partial charge in [0.25, 0.3) is 0 Å². The molecule has 6 heteroatoms. The van der Waals surface area contributed by atoms with Gasteiger partial charge in [-0.3, -0.25) is 4.79 Å². The van der Waals surface area contributed by atoms with Gasteiger partial charge in [0.1, 0.15) is 11.6 Å². The summed E-state index contributed by atoms with van der Waals surface area (Å²) in [4.78, 5) is 22.3. The minimum Gasteiger partial charge on any atom is -0.497 e. The number of imidazole rings is 1. The molecule has 1 aliphatic heterocycles. The highest BCUT2D eigenvalue weighted by Gasteiger charge is 2.21. The topological polar surface area (TPSA) is 70.2 Å². The Hall–Kier alpha value is -2.08. The Balaban J connectivity index is 1.59. The van der Waals surface area contributed by atoms with E-state index in [-0.39, 0.29) is 5.91 Å². The van der Waals surface area contributed by atoms with Crippen LogP contribution in [0.4, 0.5) is 0 Å². The first-order valence-corrected chi connectivity index (χ1v) is 8.70. The van der Waals surface area contributed by atoms with Crippen LogP contribution >= 0.6 is 0 Å². The Morgan fingerprint density at radius 1 is 1.46 bits per heavy atom. The lowest BCUT2D eigenvalue weighted by Crippen LogP contribution is -2.34. The van der Waals surface area contributed by atoms with Crippen LogP contribution in [-0.4, -0.2) is 54.1 Å². The van der Waals surface area contributed by atoms with Crippen molar-refractivity contribution in [3.8, 4) is 5.75 Å². The summed E-state index contributed by atoms with van der Waals surface area (Å²) in [5, 5.41) is 3.32. The number of likely N-dealkylation sites (N-methyl/N-ethyl adjacent to an activating group) is 1. The third-order valence-corrected chi connectivity index (χ3v) is 4.72. The predicted molar refractivity (Wildman–Crippen MR) is 94.2 cm³/mol. The molecule has 6 nitrogen and oxygen atoms in total. The van der Waals surface area contributed by atoms with Crippen LogP contribution in [0.15, 0.2) is 18.2 Å². The van der Waals surface area contributed by atoms with Crippen molar-refractivity contribution < 1.29 is 9.53 Å². The molecule has 1 atom stereocenters. The maximum atomic E-state index is 12.5. The van der Waals surface area contributed by atoms with Gasteiger partial charge in [-0.25, -0.2) is 4.98 Å². The summed E-state index contributed by atoms with van der Waals surface area (Å²) in [6.07, 6.45) is 2.49. The summed E-state index contributed by atoms with van der Waals surface area (Å²) < 4.78 is 5.24. The highest BCUT2D eigenvalue weighted by atomic mass is 16.5. The second-order valence-corrected chi connectivity index (χ2v) is 6.35. The van der Waals surface area contributed by atoms with Crippen LogP contribution in [0.3, 0.4) is 0 Å². The number of carbonyl (C=O) groups is 1. The second kappa shape index (κ2) is 7.66. The van der Waals surface area contributed by atoms with E-state index in [1.807, 2.05) is 30.0 Å². The monoisotopic (exact) mass is 330 g/mol. The average Bonchev–Trinajstić information content (AvgIpc) is 3.23. The zero-order chi connectivity index (χ0) is 16.9. The highest BCUT2D eigenvalue weighted by molar-refractivity contribution is 5.77. The van der Waals surface area contributed by atoms with Crippen LogP contribution < -0.4 is 10.1 Å². The van der Waals surface area contributed by atoms with Gasteiger partial charge in [-0.2, -0.15) is 0 Å². The quantitative estimate of drug-likeness (QED) is 0.814. The summed E-state index contributed by atoms with van der Waals surface area (Å²) >= 11 is 0. The van der Waals surface area contributed by atoms with Gasteiger partial charge in [-0.1, -0.05) is 0 Å². The molecular formula is C18H26N4O2. The summed E-state index contributed by atoms with van der Waals surface area (Å²) in [5.41, 5.74) is 1.90. The van der Waals surface area contributed by atoms with Crippen LogP contribution in [-0.2, 0) is 11.2 Å². The molecule has 0 saturated carbocycles. The Bertz CT molecular complexity index is 691. The zero-order valence-electron chi connectivity index (χ0n) is 14.5. The van der Waals surface area contributed by atoms with E-state index < -0.39 is 0 Å². The standard InChI is InChI=1S/C18H26N4O2/c1-3-22(18(23)10-13-6-8-19-12-13)9-7-17-20-15-5-4-14(24-2)11-16(15)21-17/h4-5,11,13,19H,3,6-10,12H2,1-2H3,(H,20,21)/t13-/m1/s1. The number of nitrogens with one attached hydrogen (secondary N) is 2. The fourth-order valence-corrected chi connectivity index (χ4v) is 3.25. The van der Waals surface area contributed by atoms with Crippen LogP contribution in [0.1, 0.15) is 25.6 Å². The number of carbonyl (C=O) groups excluding carboxylic acids is 1. The number of hydrogen-bond donors (Lipinski definition) is 2. The van der Waals surface area contributed by atoms with E-state index in [2.05, 4.69) is 15.3 Å². The molecule has 1 aromatic heterocycles. The molecule has 1 aromatic carbocycles. The third kappa shape index (κ3) is 3.87. The lowest BCUT2D eigenvalue weighted by Gasteiger charge is -2.22. The number of ether oxygens (including phenoxy) is 1. The van der Waals surface area contributed by atoms with Crippen molar-refractivity contribution in [2.24, 2.45) is 5.92 Å². The smallest absolute Gasteiger partial charge is 0.222 e. The van der Waals surface area contributed by atoms with E-state index in [0.717, 1.165) is 55.1 Å². The van der Waals surface area contributed by atoms with Crippen LogP contribution in [0, 0.1) is 5.92 Å². The minimum absolute atomic E-state index is 0.254. The fraction of sp³-hybridized carbons (Fsp3) is 0.556. The predicted octanol–water partition coefficient (Wildman–Crippen LogP) is 1.96. The van der Waals surface area contributed by atoms with E-state index >= 15 is 0 Å². The molecule has 2 heterocycles. The number of aromatic amines is 1. The third-order valence-electron chi connectivity index (χ3n) is 4.72. The van der Waals surface area contributed by atoms with E-state index in [9.17, 15) is 4.79 Å². The molecular weight excluding hydrogens is 304 g/mol.